The van der Waals surface area contributed by atoms with E-state index in [0.29, 0.717) is 133 Å². The molecule has 16 nitrogen and oxygen atoms in total. The Hall–Kier alpha value is -4.06. The summed E-state index contributed by atoms with van der Waals surface area (Å²) in [6.45, 7) is 3.65. The molecule has 0 bridgehead atoms. The number of aryl methyl sites for hydroxylation is 2. The van der Waals surface area contributed by atoms with E-state index in [-0.39, 0.29) is 37.7 Å². The van der Waals surface area contributed by atoms with Crippen molar-refractivity contribution in [3.63, 3.8) is 0 Å². The smallest absolute Gasteiger partial charge is 0.320 e. The van der Waals surface area contributed by atoms with Crippen molar-refractivity contribution in [1.29, 1.82) is 0 Å². The fourth-order valence-corrected chi connectivity index (χ4v) is 8.54. The van der Waals surface area contributed by atoms with Crippen LogP contribution in [0.3, 0.4) is 0 Å². The van der Waals surface area contributed by atoms with Crippen LogP contribution in [0, 0.1) is 0 Å². The van der Waals surface area contributed by atoms with E-state index in [1.54, 1.807) is 0 Å². The van der Waals surface area contributed by atoms with Crippen LogP contribution in [0.25, 0.3) is 0 Å². The lowest BCUT2D eigenvalue weighted by atomic mass is 10.0. The number of rotatable bonds is 30. The maximum absolute atomic E-state index is 13.2. The van der Waals surface area contributed by atoms with Crippen LogP contribution in [0.5, 0.6) is 0 Å². The number of carboxylic acid groups (broad SMARTS) is 2. The molecule has 0 aromatic heterocycles. The Labute approximate surface area is 415 Å². The van der Waals surface area contributed by atoms with Gasteiger partial charge in [0.05, 0.1) is 0 Å². The quantitative estimate of drug-likeness (QED) is 0.0397. The molecule has 0 unspecified atom stereocenters. The Morgan fingerprint density at radius 3 is 1.36 bits per heavy atom. The fourth-order valence-electron chi connectivity index (χ4n) is 7.72. The van der Waals surface area contributed by atoms with Crippen LogP contribution in [0.1, 0.15) is 81.8 Å². The van der Waals surface area contributed by atoms with Crippen molar-refractivity contribution in [1.82, 2.24) is 31.9 Å². The van der Waals surface area contributed by atoms with Gasteiger partial charge in [-0.05, 0) is 119 Å². The molecule has 1 aliphatic heterocycles. The van der Waals surface area contributed by atoms with Gasteiger partial charge in [0.25, 0.3) is 0 Å². The zero-order valence-electron chi connectivity index (χ0n) is 38.4. The second-order valence-electron chi connectivity index (χ2n) is 16.5. The van der Waals surface area contributed by atoms with Gasteiger partial charge in [-0.25, -0.2) is 0 Å². The lowest BCUT2D eigenvalue weighted by molar-refractivity contribution is -0.140. The Morgan fingerprint density at radius 1 is 0.582 bits per heavy atom. The number of halogens is 4. The standard InChI is InChI=1S/C47H70Cl4N8O8/c48-22-30-58(31-23-49)36-15-9-34(10-16-36)13-19-40(46(64)65)52-26-3-1-6-38-44(62)54-28-5-8-42(60)56-39(45(63)55-29-21-43(61)57-38)7-2-4-27-53-41(47(66)67)20-14-35-11-17-37(18-12-35)59(32-24-50)33-25-51/h9-12,15-18,38-41,52-53H,1-8,13-14,19-33H2,(H,54,62)(H,55,63)(H,56,60)(H,57,61)(H,64,65)(H,66,67)/t38-,39-,40+,41+/m0/s1. The molecule has 0 saturated carbocycles. The molecule has 3 rings (SSSR count). The average molecular weight is 1020 g/mol. The first-order valence-corrected chi connectivity index (χ1v) is 25.5. The molecule has 374 valence electrons. The zero-order chi connectivity index (χ0) is 48.8. The van der Waals surface area contributed by atoms with E-state index in [4.69, 9.17) is 46.4 Å². The van der Waals surface area contributed by atoms with E-state index in [1.165, 1.54) is 0 Å². The van der Waals surface area contributed by atoms with Gasteiger partial charge in [0.2, 0.25) is 23.6 Å². The van der Waals surface area contributed by atoms with E-state index in [1.807, 2.05) is 48.5 Å². The second-order valence-corrected chi connectivity index (χ2v) is 18.0. The summed E-state index contributed by atoms with van der Waals surface area (Å²) >= 11 is 23.7. The number of nitrogens with zero attached hydrogens (tertiary/aromatic N) is 2. The molecule has 1 aliphatic rings. The second kappa shape index (κ2) is 33.4. The molecule has 8 N–H and O–H groups in total. The topological polar surface area (TPSA) is 222 Å². The van der Waals surface area contributed by atoms with Gasteiger partial charge in [0.15, 0.2) is 0 Å². The molecule has 0 aliphatic carbocycles. The molecule has 67 heavy (non-hydrogen) atoms. The minimum absolute atomic E-state index is 0.0137. The Balaban J connectivity index is 1.42. The van der Waals surface area contributed by atoms with Crippen LogP contribution >= 0.6 is 46.4 Å². The number of alkyl halides is 4. The summed E-state index contributed by atoms with van der Waals surface area (Å²) in [7, 11) is 0. The third-order valence-corrected chi connectivity index (χ3v) is 12.2. The van der Waals surface area contributed by atoms with Crippen molar-refractivity contribution in [3.8, 4) is 0 Å². The van der Waals surface area contributed by atoms with Crippen LogP contribution in [0.4, 0.5) is 11.4 Å². The molecular weight excluding hydrogens is 946 g/mol. The van der Waals surface area contributed by atoms with Crippen molar-refractivity contribution in [2.75, 3.05) is 85.7 Å². The van der Waals surface area contributed by atoms with Crippen molar-refractivity contribution in [2.45, 2.75) is 108 Å². The summed E-state index contributed by atoms with van der Waals surface area (Å²) in [4.78, 5) is 80.5. The summed E-state index contributed by atoms with van der Waals surface area (Å²) in [5.41, 5.74) is 4.02. The number of hydrogen-bond donors (Lipinski definition) is 8. The van der Waals surface area contributed by atoms with Gasteiger partial charge in [-0.1, -0.05) is 24.3 Å². The minimum atomic E-state index is -0.953. The number of hydrogen-bond acceptors (Lipinski definition) is 10. The van der Waals surface area contributed by atoms with E-state index in [0.717, 1.165) is 22.5 Å². The van der Waals surface area contributed by atoms with Crippen LogP contribution in [-0.2, 0) is 41.6 Å². The summed E-state index contributed by atoms with van der Waals surface area (Å²) in [6.07, 6.45) is 4.94. The molecule has 4 amide bonds. The van der Waals surface area contributed by atoms with Crippen molar-refractivity contribution >= 4 is 93.3 Å². The average Bonchev–Trinajstić information content (AvgIpc) is 3.31. The number of nitrogens with one attached hydrogen (secondary N) is 6. The lowest BCUT2D eigenvalue weighted by Gasteiger charge is -2.23. The lowest BCUT2D eigenvalue weighted by Crippen LogP contribution is -2.48. The normalized spacial score (nSPS) is 17.2. The number of carbonyl (C=O) groups is 6. The highest BCUT2D eigenvalue weighted by Gasteiger charge is 2.25. The molecule has 0 radical (unpaired) electrons. The van der Waals surface area contributed by atoms with Gasteiger partial charge in [-0.2, -0.15) is 0 Å². The predicted molar refractivity (Wildman–Crippen MR) is 267 cm³/mol. The van der Waals surface area contributed by atoms with Gasteiger partial charge in [0.1, 0.15) is 24.2 Å². The molecule has 2 aromatic carbocycles. The van der Waals surface area contributed by atoms with E-state index >= 15 is 0 Å². The number of benzene rings is 2. The Kier molecular flexibility index (Phi) is 28.6. The van der Waals surface area contributed by atoms with Crippen LogP contribution in [-0.4, -0.2) is 146 Å². The molecule has 1 fully saturated rings. The maximum Gasteiger partial charge on any atom is 0.320 e. The minimum Gasteiger partial charge on any atom is -0.480 e. The number of amides is 4. The number of carboxylic acids is 2. The number of carbonyl (C=O) groups excluding carboxylic acids is 4. The van der Waals surface area contributed by atoms with Gasteiger partial charge in [-0.3, -0.25) is 28.8 Å². The molecule has 1 saturated heterocycles. The van der Waals surface area contributed by atoms with Crippen molar-refractivity contribution < 1.29 is 39.0 Å². The third-order valence-electron chi connectivity index (χ3n) is 11.5. The molecule has 20 heteroatoms. The molecule has 0 spiro atoms. The van der Waals surface area contributed by atoms with Crippen LogP contribution in [0.15, 0.2) is 48.5 Å². The monoisotopic (exact) mass is 1010 g/mol. The first-order chi connectivity index (χ1) is 32.4. The van der Waals surface area contributed by atoms with Crippen LogP contribution < -0.4 is 41.7 Å². The van der Waals surface area contributed by atoms with Gasteiger partial charge >= 0.3 is 11.9 Å². The number of aliphatic carboxylic acids is 2. The molecular formula is C47H70Cl4N8O8. The number of anilines is 2. The van der Waals surface area contributed by atoms with E-state index in [2.05, 4.69) is 41.7 Å². The van der Waals surface area contributed by atoms with E-state index < -0.39 is 47.9 Å². The molecule has 2 aromatic rings. The summed E-state index contributed by atoms with van der Waals surface area (Å²) in [5, 5.41) is 37.0. The first kappa shape index (κ1) is 57.3. The Morgan fingerprint density at radius 2 is 0.970 bits per heavy atom. The summed E-state index contributed by atoms with van der Waals surface area (Å²) < 4.78 is 0. The van der Waals surface area contributed by atoms with Crippen LogP contribution in [0.2, 0.25) is 0 Å². The number of unbranched alkanes of at least 4 members (excludes halogenated alkanes) is 2. The highest BCUT2D eigenvalue weighted by Crippen LogP contribution is 2.19. The highest BCUT2D eigenvalue weighted by molar-refractivity contribution is 6.19. The largest absolute Gasteiger partial charge is 0.480 e. The van der Waals surface area contributed by atoms with Gasteiger partial charge in [-0.15, -0.1) is 46.4 Å². The summed E-state index contributed by atoms with van der Waals surface area (Å²) in [6, 6.07) is 12.6. The molecule has 4 atom stereocenters. The van der Waals surface area contributed by atoms with Crippen molar-refractivity contribution in [3.05, 3.63) is 59.7 Å². The fraction of sp³-hybridized carbons (Fsp3) is 0.617. The maximum atomic E-state index is 13.2. The van der Waals surface area contributed by atoms with Crippen molar-refractivity contribution in [2.24, 2.45) is 0 Å². The zero-order valence-corrected chi connectivity index (χ0v) is 41.4. The summed E-state index contributed by atoms with van der Waals surface area (Å²) in [5.74, 6) is -1.59. The molecule has 1 heterocycles. The Bertz CT molecular complexity index is 1790. The SMILES string of the molecule is O=C1CCCNC(=O)[C@H](CCCCN[C@H](CCc2ccc(N(CCCl)CCCl)cc2)C(=O)O)NC(=O)CCNC(=O)[C@H](CCCCN[C@H](CCc2ccc(N(CCCl)CCCl)cc2)C(=O)O)N1. The first-order valence-electron chi connectivity index (χ1n) is 23.4. The predicted octanol–water partition coefficient (Wildman–Crippen LogP) is 4.63. The highest BCUT2D eigenvalue weighted by atomic mass is 35.5. The van der Waals surface area contributed by atoms with Gasteiger partial charge in [0, 0.05) is 87.0 Å². The van der Waals surface area contributed by atoms with Gasteiger partial charge < -0.3 is 51.9 Å². The van der Waals surface area contributed by atoms with E-state index in [9.17, 15) is 39.0 Å². The third kappa shape index (κ3) is 22.7.